The minimum Gasteiger partial charge on any atom is -0.481 e. The Morgan fingerprint density at radius 2 is 2.44 bits per heavy atom. The number of rotatable bonds is 4. The van der Waals surface area contributed by atoms with Crippen LogP contribution in [0.4, 0.5) is 0 Å². The fourth-order valence-electron chi connectivity index (χ4n) is 1.91. The first-order valence-electron chi connectivity index (χ1n) is 5.57. The molecule has 1 fully saturated rings. The monoisotopic (exact) mass is 270 g/mol. The summed E-state index contributed by atoms with van der Waals surface area (Å²) < 4.78 is 4.94. The molecule has 2 rings (SSSR count). The van der Waals surface area contributed by atoms with Gasteiger partial charge in [-0.15, -0.1) is 11.3 Å². The van der Waals surface area contributed by atoms with Gasteiger partial charge in [-0.3, -0.25) is 9.59 Å². The smallest absolute Gasteiger partial charge is 0.308 e. The second kappa shape index (κ2) is 5.45. The van der Waals surface area contributed by atoms with E-state index in [0.717, 1.165) is 5.01 Å². The van der Waals surface area contributed by atoms with Crippen LogP contribution in [-0.2, 0) is 16.1 Å². The van der Waals surface area contributed by atoms with Crippen LogP contribution in [0.25, 0.3) is 0 Å². The van der Waals surface area contributed by atoms with Crippen LogP contribution in [0, 0.1) is 5.92 Å². The second-order valence-electron chi connectivity index (χ2n) is 4.13. The normalized spacial score (nSPS) is 19.2. The maximum atomic E-state index is 12.1. The van der Waals surface area contributed by atoms with Gasteiger partial charge in [-0.2, -0.15) is 0 Å². The number of methoxy groups -OCH3 is 1. The number of carbonyl (C=O) groups excluding carboxylic acids is 1. The van der Waals surface area contributed by atoms with Gasteiger partial charge in [0.25, 0.3) is 5.91 Å². The summed E-state index contributed by atoms with van der Waals surface area (Å²) >= 11 is 1.37. The second-order valence-corrected chi connectivity index (χ2v) is 5.08. The molecule has 18 heavy (non-hydrogen) atoms. The van der Waals surface area contributed by atoms with Crippen LogP contribution in [0.15, 0.2) is 5.38 Å². The van der Waals surface area contributed by atoms with Crippen molar-refractivity contribution in [3.63, 3.8) is 0 Å². The molecule has 0 spiro atoms. The lowest BCUT2D eigenvalue weighted by molar-refractivity contribution is -0.141. The summed E-state index contributed by atoms with van der Waals surface area (Å²) in [7, 11) is 1.57. The van der Waals surface area contributed by atoms with Gasteiger partial charge in [0.05, 0.1) is 12.5 Å². The lowest BCUT2D eigenvalue weighted by atomic mass is 10.1. The van der Waals surface area contributed by atoms with Crippen molar-refractivity contribution in [1.82, 2.24) is 9.88 Å². The zero-order chi connectivity index (χ0) is 13.1. The summed E-state index contributed by atoms with van der Waals surface area (Å²) in [4.78, 5) is 28.6. The number of likely N-dealkylation sites (tertiary alicyclic amines) is 1. The summed E-state index contributed by atoms with van der Waals surface area (Å²) in [5.41, 5.74) is 0.373. The summed E-state index contributed by atoms with van der Waals surface area (Å²) in [6, 6.07) is 0. The Hall–Kier alpha value is -1.47. The number of aliphatic carboxylic acids is 1. The van der Waals surface area contributed by atoms with Crippen LogP contribution in [0.1, 0.15) is 21.9 Å². The minimum atomic E-state index is -0.844. The molecular formula is C11H14N2O4S. The van der Waals surface area contributed by atoms with Crippen molar-refractivity contribution >= 4 is 23.2 Å². The molecule has 0 radical (unpaired) electrons. The summed E-state index contributed by atoms with van der Waals surface area (Å²) in [6.45, 7) is 1.13. The van der Waals surface area contributed by atoms with Crippen molar-refractivity contribution in [3.8, 4) is 0 Å². The molecule has 0 bridgehead atoms. The van der Waals surface area contributed by atoms with Gasteiger partial charge in [0.1, 0.15) is 10.7 Å². The highest BCUT2D eigenvalue weighted by Gasteiger charge is 2.32. The molecule has 1 unspecified atom stereocenters. The Morgan fingerprint density at radius 3 is 3.06 bits per heavy atom. The molecule has 1 N–H and O–H groups in total. The number of nitrogens with zero attached hydrogens (tertiary/aromatic N) is 2. The Labute approximate surface area is 108 Å². The molecule has 1 aromatic heterocycles. The summed E-state index contributed by atoms with van der Waals surface area (Å²) in [5, 5.41) is 11.3. The predicted molar refractivity (Wildman–Crippen MR) is 64.5 cm³/mol. The van der Waals surface area contributed by atoms with E-state index in [1.165, 1.54) is 11.3 Å². The first-order chi connectivity index (χ1) is 8.61. The van der Waals surface area contributed by atoms with Gasteiger partial charge in [-0.1, -0.05) is 0 Å². The maximum Gasteiger partial charge on any atom is 0.308 e. The summed E-state index contributed by atoms with van der Waals surface area (Å²) in [6.07, 6.45) is 0.510. The van der Waals surface area contributed by atoms with Gasteiger partial charge < -0.3 is 14.7 Å². The van der Waals surface area contributed by atoms with Crippen molar-refractivity contribution in [2.75, 3.05) is 20.2 Å². The van der Waals surface area contributed by atoms with Gasteiger partial charge >= 0.3 is 5.97 Å². The van der Waals surface area contributed by atoms with Crippen LogP contribution in [0.5, 0.6) is 0 Å². The number of carboxylic acids is 1. The quantitative estimate of drug-likeness (QED) is 0.876. The third kappa shape index (κ3) is 2.68. The van der Waals surface area contributed by atoms with Crippen molar-refractivity contribution in [2.24, 2.45) is 5.92 Å². The lowest BCUT2D eigenvalue weighted by Crippen LogP contribution is -2.30. The van der Waals surface area contributed by atoms with E-state index in [1.54, 1.807) is 17.4 Å². The van der Waals surface area contributed by atoms with Gasteiger partial charge in [0.2, 0.25) is 0 Å². The number of ether oxygens (including phenoxy) is 1. The topological polar surface area (TPSA) is 79.7 Å². The molecule has 6 nitrogen and oxygen atoms in total. The van der Waals surface area contributed by atoms with Gasteiger partial charge in [-0.05, 0) is 6.42 Å². The number of thiazole rings is 1. The van der Waals surface area contributed by atoms with Crippen LogP contribution < -0.4 is 0 Å². The lowest BCUT2D eigenvalue weighted by Gasteiger charge is -2.13. The molecule has 0 aliphatic carbocycles. The van der Waals surface area contributed by atoms with E-state index in [-0.39, 0.29) is 12.5 Å². The first kappa shape index (κ1) is 13.0. The molecular weight excluding hydrogens is 256 g/mol. The Balaban J connectivity index is 2.01. The molecule has 1 aliphatic rings. The zero-order valence-corrected chi connectivity index (χ0v) is 10.8. The molecule has 7 heteroatoms. The number of aromatic nitrogens is 1. The largest absolute Gasteiger partial charge is 0.481 e. The van der Waals surface area contributed by atoms with E-state index in [9.17, 15) is 9.59 Å². The fraction of sp³-hybridized carbons (Fsp3) is 0.545. The van der Waals surface area contributed by atoms with E-state index in [4.69, 9.17) is 9.84 Å². The number of carboxylic acid groups (broad SMARTS) is 1. The SMILES string of the molecule is COCc1nc(C(=O)N2CCC(C(=O)O)C2)cs1. The average Bonchev–Trinajstić information content (AvgIpc) is 2.97. The molecule has 1 amide bonds. The predicted octanol–water partition coefficient (Wildman–Crippen LogP) is 0.836. The Bertz CT molecular complexity index is 460. The Morgan fingerprint density at radius 1 is 1.67 bits per heavy atom. The van der Waals surface area contributed by atoms with Crippen LogP contribution in [0.3, 0.4) is 0 Å². The van der Waals surface area contributed by atoms with Crippen molar-refractivity contribution in [3.05, 3.63) is 16.1 Å². The maximum absolute atomic E-state index is 12.1. The van der Waals surface area contributed by atoms with Crippen molar-refractivity contribution < 1.29 is 19.4 Å². The van der Waals surface area contributed by atoms with E-state index in [2.05, 4.69) is 4.98 Å². The van der Waals surface area contributed by atoms with Crippen LogP contribution in [-0.4, -0.2) is 47.1 Å². The van der Waals surface area contributed by atoms with Crippen LogP contribution >= 0.6 is 11.3 Å². The van der Waals surface area contributed by atoms with Gasteiger partial charge in [-0.25, -0.2) is 4.98 Å². The van der Waals surface area contributed by atoms with E-state index >= 15 is 0 Å². The van der Waals surface area contributed by atoms with Gasteiger partial charge in [0.15, 0.2) is 0 Å². The molecule has 0 saturated carbocycles. The van der Waals surface area contributed by atoms with Crippen molar-refractivity contribution in [1.29, 1.82) is 0 Å². The number of hydrogen-bond donors (Lipinski definition) is 1. The average molecular weight is 270 g/mol. The molecule has 2 heterocycles. The number of carbonyl (C=O) groups is 2. The van der Waals surface area contributed by atoms with Gasteiger partial charge in [0, 0.05) is 25.6 Å². The highest BCUT2D eigenvalue weighted by molar-refractivity contribution is 7.09. The van der Waals surface area contributed by atoms with E-state index < -0.39 is 11.9 Å². The molecule has 1 saturated heterocycles. The standard InChI is InChI=1S/C11H14N2O4S/c1-17-5-9-12-8(6-18-9)10(14)13-3-2-7(4-13)11(15)16/h6-7H,2-5H2,1H3,(H,15,16). The molecule has 0 aromatic carbocycles. The molecule has 1 atom stereocenters. The van der Waals surface area contributed by atoms with Crippen LogP contribution in [0.2, 0.25) is 0 Å². The highest BCUT2D eigenvalue weighted by atomic mass is 32.1. The Kier molecular flexibility index (Phi) is 3.93. The summed E-state index contributed by atoms with van der Waals surface area (Å²) in [5.74, 6) is -1.49. The minimum absolute atomic E-state index is 0.197. The zero-order valence-electron chi connectivity index (χ0n) is 9.96. The number of amides is 1. The van der Waals surface area contributed by atoms with Crippen molar-refractivity contribution in [2.45, 2.75) is 13.0 Å². The number of hydrogen-bond acceptors (Lipinski definition) is 5. The van der Waals surface area contributed by atoms with E-state index in [0.29, 0.717) is 25.3 Å². The third-order valence-corrected chi connectivity index (χ3v) is 3.69. The highest BCUT2D eigenvalue weighted by Crippen LogP contribution is 2.20. The first-order valence-corrected chi connectivity index (χ1v) is 6.45. The fourth-order valence-corrected chi connectivity index (χ4v) is 2.65. The van der Waals surface area contributed by atoms with E-state index in [1.807, 2.05) is 0 Å². The molecule has 1 aliphatic heterocycles. The molecule has 98 valence electrons. The molecule has 1 aromatic rings. The third-order valence-electron chi connectivity index (χ3n) is 2.86.